The Bertz CT molecular complexity index is 466. The molecule has 94 valence electrons. The van der Waals surface area contributed by atoms with Crippen LogP contribution < -0.4 is 0 Å². The number of carbonyl (C=O) groups is 1. The van der Waals surface area contributed by atoms with Gasteiger partial charge in [-0.05, 0) is 34.7 Å². The van der Waals surface area contributed by atoms with Gasteiger partial charge in [0.25, 0.3) is 0 Å². The van der Waals surface area contributed by atoms with Crippen molar-refractivity contribution in [2.75, 3.05) is 0 Å². The number of nitrogens with zero attached hydrogens (tertiary/aromatic N) is 2. The minimum atomic E-state index is -4.65. The van der Waals surface area contributed by atoms with Gasteiger partial charge in [-0.2, -0.15) is 18.3 Å². The van der Waals surface area contributed by atoms with Crippen LogP contribution in [0, 0.1) is 5.92 Å². The molecule has 0 bridgehead atoms. The molecule has 1 N–H and O–H groups in total. The molecule has 1 fully saturated rings. The highest BCUT2D eigenvalue weighted by Crippen LogP contribution is 2.37. The molecule has 0 radical (unpaired) electrons. The maximum Gasteiger partial charge on any atom is 0.436 e. The van der Waals surface area contributed by atoms with E-state index >= 15 is 0 Å². The van der Waals surface area contributed by atoms with Gasteiger partial charge in [0.1, 0.15) is 0 Å². The van der Waals surface area contributed by atoms with Crippen molar-refractivity contribution in [3.8, 4) is 0 Å². The molecule has 0 aromatic carbocycles. The first-order valence-corrected chi connectivity index (χ1v) is 5.66. The molecule has 8 heteroatoms. The van der Waals surface area contributed by atoms with E-state index in [1.54, 1.807) is 0 Å². The number of aromatic nitrogens is 2. The molecule has 4 nitrogen and oxygen atoms in total. The van der Waals surface area contributed by atoms with E-state index in [4.69, 9.17) is 5.11 Å². The summed E-state index contributed by atoms with van der Waals surface area (Å²) in [5, 5.41) is 12.2. The fourth-order valence-electron chi connectivity index (χ4n) is 1.50. The van der Waals surface area contributed by atoms with Gasteiger partial charge in [0.2, 0.25) is 0 Å². The van der Waals surface area contributed by atoms with Crippen molar-refractivity contribution in [3.63, 3.8) is 0 Å². The Balaban J connectivity index is 2.45. The lowest BCUT2D eigenvalue weighted by Gasteiger charge is -2.02. The van der Waals surface area contributed by atoms with Gasteiger partial charge < -0.3 is 5.11 Å². The van der Waals surface area contributed by atoms with E-state index in [2.05, 4.69) is 21.0 Å². The van der Waals surface area contributed by atoms with E-state index in [1.165, 1.54) is 0 Å². The van der Waals surface area contributed by atoms with Gasteiger partial charge in [-0.1, -0.05) is 0 Å². The number of aromatic carboxylic acids is 1. The summed E-state index contributed by atoms with van der Waals surface area (Å²) < 4.78 is 38.1. The molecule has 0 atom stereocenters. The van der Waals surface area contributed by atoms with Crippen LogP contribution in [-0.4, -0.2) is 20.9 Å². The third-order valence-electron chi connectivity index (χ3n) is 2.49. The molecule has 0 spiro atoms. The van der Waals surface area contributed by atoms with Crippen LogP contribution in [0.1, 0.15) is 29.0 Å². The summed E-state index contributed by atoms with van der Waals surface area (Å²) in [5.74, 6) is -1.18. The Labute approximate surface area is 103 Å². The molecule has 17 heavy (non-hydrogen) atoms. The standard InChI is InChI=1S/C9H8BrF3N2O2/c10-5-6(8(16)17)15(3-4-1-2-4)14-7(5)9(11,12)13/h4H,1-3H2,(H,16,17). The normalized spacial score (nSPS) is 16.2. The average Bonchev–Trinajstić information content (AvgIpc) is 2.88. The lowest BCUT2D eigenvalue weighted by molar-refractivity contribution is -0.142. The molecular formula is C9H8BrF3N2O2. The van der Waals surface area contributed by atoms with Crippen LogP contribution in [0.5, 0.6) is 0 Å². The van der Waals surface area contributed by atoms with Crippen molar-refractivity contribution < 1.29 is 23.1 Å². The number of hydrogen-bond acceptors (Lipinski definition) is 2. The van der Waals surface area contributed by atoms with Gasteiger partial charge in [-0.3, -0.25) is 4.68 Å². The first kappa shape index (κ1) is 12.4. The quantitative estimate of drug-likeness (QED) is 0.933. The molecular weight excluding hydrogens is 305 g/mol. The fraction of sp³-hybridized carbons (Fsp3) is 0.556. The summed E-state index contributed by atoms with van der Waals surface area (Å²) in [6, 6.07) is 0. The van der Waals surface area contributed by atoms with Crippen molar-refractivity contribution in [2.24, 2.45) is 5.92 Å². The molecule has 0 saturated heterocycles. The van der Waals surface area contributed by atoms with Crippen LogP contribution >= 0.6 is 15.9 Å². The highest BCUT2D eigenvalue weighted by atomic mass is 79.9. The lowest BCUT2D eigenvalue weighted by atomic mass is 10.3. The molecule has 0 unspecified atom stereocenters. The van der Waals surface area contributed by atoms with Gasteiger partial charge >= 0.3 is 12.1 Å². The zero-order valence-corrected chi connectivity index (χ0v) is 10.0. The SMILES string of the molecule is O=C(O)c1c(Br)c(C(F)(F)F)nn1CC1CC1. The Morgan fingerprint density at radius 3 is 2.53 bits per heavy atom. The summed E-state index contributed by atoms with van der Waals surface area (Å²) in [6.45, 7) is 0.219. The lowest BCUT2D eigenvalue weighted by Crippen LogP contribution is -2.12. The topological polar surface area (TPSA) is 55.1 Å². The number of rotatable bonds is 3. The van der Waals surface area contributed by atoms with Crippen molar-refractivity contribution >= 4 is 21.9 Å². The summed E-state index contributed by atoms with van der Waals surface area (Å²) in [5.41, 5.74) is -1.63. The first-order valence-electron chi connectivity index (χ1n) is 4.87. The van der Waals surface area contributed by atoms with Crippen LogP contribution in [0.2, 0.25) is 0 Å². The van der Waals surface area contributed by atoms with Crippen molar-refractivity contribution in [3.05, 3.63) is 15.9 Å². The van der Waals surface area contributed by atoms with Gasteiger partial charge in [0.05, 0.1) is 4.47 Å². The van der Waals surface area contributed by atoms with Gasteiger partial charge in [0, 0.05) is 6.54 Å². The Hall–Kier alpha value is -1.05. The van der Waals surface area contributed by atoms with E-state index in [0.717, 1.165) is 17.5 Å². The second-order valence-electron chi connectivity index (χ2n) is 3.94. The van der Waals surface area contributed by atoms with E-state index in [9.17, 15) is 18.0 Å². The Morgan fingerprint density at radius 1 is 1.53 bits per heavy atom. The van der Waals surface area contributed by atoms with E-state index in [-0.39, 0.29) is 12.5 Å². The van der Waals surface area contributed by atoms with Gasteiger partial charge in [-0.15, -0.1) is 0 Å². The molecule has 0 aliphatic heterocycles. The molecule has 0 amide bonds. The van der Waals surface area contributed by atoms with Gasteiger partial charge in [-0.25, -0.2) is 4.79 Å². The van der Waals surface area contributed by atoms with Crippen LogP contribution in [0.15, 0.2) is 4.47 Å². The van der Waals surface area contributed by atoms with E-state index in [1.807, 2.05) is 0 Å². The monoisotopic (exact) mass is 312 g/mol. The largest absolute Gasteiger partial charge is 0.476 e. The van der Waals surface area contributed by atoms with E-state index < -0.39 is 28.0 Å². The van der Waals surface area contributed by atoms with Crippen molar-refractivity contribution in [1.29, 1.82) is 0 Å². The zero-order chi connectivity index (χ0) is 12.8. The first-order chi connectivity index (χ1) is 7.80. The zero-order valence-electron chi connectivity index (χ0n) is 8.46. The summed E-state index contributed by atoms with van der Waals surface area (Å²) in [4.78, 5) is 10.9. The van der Waals surface area contributed by atoms with E-state index in [0.29, 0.717) is 0 Å². The second-order valence-corrected chi connectivity index (χ2v) is 4.73. The molecule has 1 heterocycles. The fourth-order valence-corrected chi connectivity index (χ4v) is 2.18. The second kappa shape index (κ2) is 4.01. The molecule has 1 aliphatic rings. The third kappa shape index (κ3) is 2.46. The van der Waals surface area contributed by atoms with Crippen molar-refractivity contribution in [1.82, 2.24) is 9.78 Å². The third-order valence-corrected chi connectivity index (χ3v) is 3.24. The smallest absolute Gasteiger partial charge is 0.436 e. The molecule has 1 aromatic rings. The number of hydrogen-bond donors (Lipinski definition) is 1. The molecule has 1 saturated carbocycles. The van der Waals surface area contributed by atoms with Crippen LogP contribution in [0.25, 0.3) is 0 Å². The number of alkyl halides is 3. The Morgan fingerprint density at radius 2 is 2.12 bits per heavy atom. The maximum absolute atomic E-state index is 12.6. The minimum absolute atomic E-state index is 0.219. The molecule has 1 aromatic heterocycles. The predicted octanol–water partition coefficient (Wildman–Crippen LogP) is 2.77. The summed E-state index contributed by atoms with van der Waals surface area (Å²) in [6.07, 6.45) is -2.85. The van der Waals surface area contributed by atoms with Crippen LogP contribution in [0.3, 0.4) is 0 Å². The highest BCUT2D eigenvalue weighted by molar-refractivity contribution is 9.10. The average molecular weight is 313 g/mol. The maximum atomic E-state index is 12.6. The highest BCUT2D eigenvalue weighted by Gasteiger charge is 2.40. The number of halogens is 4. The van der Waals surface area contributed by atoms with Gasteiger partial charge in [0.15, 0.2) is 11.4 Å². The summed E-state index contributed by atoms with van der Waals surface area (Å²) >= 11 is 2.66. The van der Waals surface area contributed by atoms with Crippen LogP contribution in [0.4, 0.5) is 13.2 Å². The number of carboxylic acids is 1. The minimum Gasteiger partial charge on any atom is -0.476 e. The number of carboxylic acid groups (broad SMARTS) is 1. The summed E-state index contributed by atoms with van der Waals surface area (Å²) in [7, 11) is 0. The molecule has 2 rings (SSSR count). The Kier molecular flexibility index (Phi) is 2.92. The molecule has 1 aliphatic carbocycles. The van der Waals surface area contributed by atoms with Crippen LogP contribution in [-0.2, 0) is 12.7 Å². The van der Waals surface area contributed by atoms with Crippen molar-refractivity contribution in [2.45, 2.75) is 25.6 Å². The predicted molar refractivity (Wildman–Crippen MR) is 54.6 cm³/mol.